The van der Waals surface area contributed by atoms with E-state index in [0.29, 0.717) is 59.7 Å². The summed E-state index contributed by atoms with van der Waals surface area (Å²) in [5.41, 5.74) is 3.47. The summed E-state index contributed by atoms with van der Waals surface area (Å²) >= 11 is 0. The Labute approximate surface area is 184 Å². The number of ether oxygens (including phenoxy) is 2. The van der Waals surface area contributed by atoms with E-state index >= 15 is 0 Å². The number of nitrogens with one attached hydrogen (secondary N) is 1. The van der Waals surface area contributed by atoms with Crippen LogP contribution in [0.5, 0.6) is 11.5 Å². The molecule has 2 aromatic carbocycles. The van der Waals surface area contributed by atoms with Gasteiger partial charge >= 0.3 is 0 Å². The van der Waals surface area contributed by atoms with Crippen LogP contribution in [0.2, 0.25) is 0 Å². The predicted octanol–water partition coefficient (Wildman–Crippen LogP) is 3.34. The topological polar surface area (TPSA) is 91.2 Å². The van der Waals surface area contributed by atoms with Gasteiger partial charge in [0.2, 0.25) is 0 Å². The minimum atomic E-state index is -0.134. The van der Waals surface area contributed by atoms with Crippen LogP contribution in [-0.4, -0.2) is 39.3 Å². The Morgan fingerprint density at radius 2 is 1.88 bits per heavy atom. The smallest absolute Gasteiger partial charge is 0.269 e. The molecular formula is C24H21N5O3. The van der Waals surface area contributed by atoms with E-state index in [1.54, 1.807) is 30.1 Å². The second-order valence-corrected chi connectivity index (χ2v) is 7.27. The van der Waals surface area contributed by atoms with Crippen LogP contribution in [0.1, 0.15) is 16.1 Å². The van der Waals surface area contributed by atoms with E-state index in [2.05, 4.69) is 15.4 Å². The minimum Gasteiger partial charge on any atom is -0.496 e. The fraction of sp³-hybridized carbons (Fsp3) is 0.167. The third-order valence-electron chi connectivity index (χ3n) is 5.21. The highest BCUT2D eigenvalue weighted by Gasteiger charge is 2.22. The molecule has 0 fully saturated rings. The molecule has 5 rings (SSSR count). The zero-order valence-electron chi connectivity index (χ0n) is 17.5. The van der Waals surface area contributed by atoms with Crippen LogP contribution in [0.4, 0.5) is 0 Å². The van der Waals surface area contributed by atoms with Gasteiger partial charge in [-0.1, -0.05) is 36.4 Å². The van der Waals surface area contributed by atoms with Crippen molar-refractivity contribution >= 4 is 5.91 Å². The zero-order chi connectivity index (χ0) is 21.9. The van der Waals surface area contributed by atoms with Crippen LogP contribution in [0.3, 0.4) is 0 Å². The lowest BCUT2D eigenvalue weighted by Gasteiger charge is -2.14. The number of carbonyl (C=O) groups excluding carboxylic acids is 1. The standard InChI is InChI=1S/C24H21N5O3/c1-31-20-8-5-9-21(32-15-16-6-3-2-4-7-16)22(20)23-25-11-10-17(27-23)18-14-19-24(30)26-12-13-29(19)28-18/h2-11,14H,12-13,15H2,1H3,(H,26,30). The summed E-state index contributed by atoms with van der Waals surface area (Å²) in [6, 6.07) is 19.0. The van der Waals surface area contributed by atoms with Gasteiger partial charge in [0.25, 0.3) is 5.91 Å². The lowest BCUT2D eigenvalue weighted by molar-refractivity contribution is 0.0924. The Morgan fingerprint density at radius 1 is 1.03 bits per heavy atom. The first-order valence-corrected chi connectivity index (χ1v) is 10.3. The summed E-state index contributed by atoms with van der Waals surface area (Å²) in [6.07, 6.45) is 1.67. The van der Waals surface area contributed by atoms with Crippen LogP contribution in [0, 0.1) is 0 Å². The van der Waals surface area contributed by atoms with Crippen molar-refractivity contribution in [3.8, 4) is 34.3 Å². The van der Waals surface area contributed by atoms with Crippen molar-refractivity contribution in [2.75, 3.05) is 13.7 Å². The maximum Gasteiger partial charge on any atom is 0.269 e. The van der Waals surface area contributed by atoms with Gasteiger partial charge in [-0.05, 0) is 29.8 Å². The fourth-order valence-corrected chi connectivity index (χ4v) is 3.64. The highest BCUT2D eigenvalue weighted by molar-refractivity contribution is 5.94. The maximum atomic E-state index is 12.1. The van der Waals surface area contributed by atoms with E-state index in [1.165, 1.54) is 0 Å². The largest absolute Gasteiger partial charge is 0.496 e. The van der Waals surface area contributed by atoms with Crippen molar-refractivity contribution in [3.05, 3.63) is 78.1 Å². The van der Waals surface area contributed by atoms with Crippen LogP contribution < -0.4 is 14.8 Å². The molecule has 0 aliphatic carbocycles. The van der Waals surface area contributed by atoms with Crippen molar-refractivity contribution in [2.24, 2.45) is 0 Å². The predicted molar refractivity (Wildman–Crippen MR) is 118 cm³/mol. The normalized spacial score (nSPS) is 12.7. The molecule has 1 aliphatic heterocycles. The molecule has 160 valence electrons. The Balaban J connectivity index is 1.52. The van der Waals surface area contributed by atoms with Gasteiger partial charge in [-0.3, -0.25) is 9.48 Å². The third kappa shape index (κ3) is 3.78. The third-order valence-corrected chi connectivity index (χ3v) is 5.21. The zero-order valence-corrected chi connectivity index (χ0v) is 17.5. The molecule has 1 N–H and O–H groups in total. The Bertz CT molecular complexity index is 1270. The molecule has 0 saturated heterocycles. The molecule has 0 spiro atoms. The van der Waals surface area contributed by atoms with E-state index in [1.807, 2.05) is 48.5 Å². The molecule has 1 amide bonds. The number of carbonyl (C=O) groups is 1. The number of hydrogen-bond donors (Lipinski definition) is 1. The van der Waals surface area contributed by atoms with Gasteiger partial charge in [-0.2, -0.15) is 5.10 Å². The fourth-order valence-electron chi connectivity index (χ4n) is 3.64. The highest BCUT2D eigenvalue weighted by atomic mass is 16.5. The molecule has 0 radical (unpaired) electrons. The first-order valence-electron chi connectivity index (χ1n) is 10.3. The molecule has 2 aromatic heterocycles. The quantitative estimate of drug-likeness (QED) is 0.508. The summed E-state index contributed by atoms with van der Waals surface area (Å²) in [5.74, 6) is 1.55. The molecule has 32 heavy (non-hydrogen) atoms. The van der Waals surface area contributed by atoms with E-state index < -0.39 is 0 Å². The van der Waals surface area contributed by atoms with Gasteiger partial charge in [0.15, 0.2) is 5.82 Å². The van der Waals surface area contributed by atoms with Crippen molar-refractivity contribution < 1.29 is 14.3 Å². The highest BCUT2D eigenvalue weighted by Crippen LogP contribution is 2.37. The number of fused-ring (bicyclic) bond motifs is 1. The first kappa shape index (κ1) is 19.7. The SMILES string of the molecule is COc1cccc(OCc2ccccc2)c1-c1nccc(-c2cc3n(n2)CCNC3=O)n1. The average Bonchev–Trinajstić information content (AvgIpc) is 3.29. The molecule has 8 heteroatoms. The summed E-state index contributed by atoms with van der Waals surface area (Å²) in [4.78, 5) is 21.3. The van der Waals surface area contributed by atoms with E-state index in [0.717, 1.165) is 5.56 Å². The lowest BCUT2D eigenvalue weighted by atomic mass is 10.1. The second kappa shape index (κ2) is 8.50. The molecule has 0 atom stereocenters. The Hall–Kier alpha value is -4.20. The van der Waals surface area contributed by atoms with Crippen LogP contribution in [0.25, 0.3) is 22.8 Å². The molecule has 0 saturated carbocycles. The van der Waals surface area contributed by atoms with Gasteiger partial charge in [-0.15, -0.1) is 0 Å². The molecular weight excluding hydrogens is 406 g/mol. The van der Waals surface area contributed by atoms with Crippen LogP contribution >= 0.6 is 0 Å². The molecule has 4 aromatic rings. The van der Waals surface area contributed by atoms with Gasteiger partial charge in [-0.25, -0.2) is 9.97 Å². The summed E-state index contributed by atoms with van der Waals surface area (Å²) < 4.78 is 13.4. The monoisotopic (exact) mass is 427 g/mol. The van der Waals surface area contributed by atoms with E-state index in [9.17, 15) is 4.79 Å². The van der Waals surface area contributed by atoms with Gasteiger partial charge in [0, 0.05) is 12.7 Å². The molecule has 0 unspecified atom stereocenters. The average molecular weight is 427 g/mol. The maximum absolute atomic E-state index is 12.1. The summed E-state index contributed by atoms with van der Waals surface area (Å²) in [7, 11) is 1.60. The van der Waals surface area contributed by atoms with Gasteiger partial charge in [0.05, 0.1) is 19.3 Å². The molecule has 3 heterocycles. The second-order valence-electron chi connectivity index (χ2n) is 7.27. The summed E-state index contributed by atoms with van der Waals surface area (Å²) in [6.45, 7) is 1.60. The van der Waals surface area contributed by atoms with Crippen molar-refractivity contribution in [2.45, 2.75) is 13.2 Å². The number of nitrogens with zero attached hydrogens (tertiary/aromatic N) is 4. The van der Waals surface area contributed by atoms with Crippen molar-refractivity contribution in [3.63, 3.8) is 0 Å². The number of methoxy groups -OCH3 is 1. The van der Waals surface area contributed by atoms with Crippen molar-refractivity contribution in [1.82, 2.24) is 25.1 Å². The van der Waals surface area contributed by atoms with Gasteiger partial charge < -0.3 is 14.8 Å². The summed E-state index contributed by atoms with van der Waals surface area (Å²) in [5, 5.41) is 7.37. The van der Waals surface area contributed by atoms with Crippen LogP contribution in [-0.2, 0) is 13.2 Å². The molecule has 0 bridgehead atoms. The number of aromatic nitrogens is 4. The Kier molecular flexibility index (Phi) is 5.25. The Morgan fingerprint density at radius 3 is 2.69 bits per heavy atom. The number of benzene rings is 2. The number of hydrogen-bond acceptors (Lipinski definition) is 6. The van der Waals surface area contributed by atoms with E-state index in [-0.39, 0.29) is 5.91 Å². The van der Waals surface area contributed by atoms with Gasteiger partial charge in [0.1, 0.15) is 35.1 Å². The molecule has 1 aliphatic rings. The van der Waals surface area contributed by atoms with E-state index in [4.69, 9.17) is 14.5 Å². The number of amides is 1. The molecule has 8 nitrogen and oxygen atoms in total. The number of rotatable bonds is 6. The lowest BCUT2D eigenvalue weighted by Crippen LogP contribution is -2.35. The van der Waals surface area contributed by atoms with Crippen LogP contribution in [0.15, 0.2) is 66.9 Å². The first-order chi connectivity index (χ1) is 15.7. The minimum absolute atomic E-state index is 0.134. The van der Waals surface area contributed by atoms with Crippen molar-refractivity contribution in [1.29, 1.82) is 0 Å².